The molecule has 0 N–H and O–H groups in total. The number of aromatic nitrogens is 2. The van der Waals surface area contributed by atoms with Crippen LogP contribution in [0.4, 0.5) is 0 Å². The molecule has 0 saturated heterocycles. The van der Waals surface area contributed by atoms with Crippen LogP contribution in [0.15, 0.2) is 12.3 Å². The summed E-state index contributed by atoms with van der Waals surface area (Å²) in [4.78, 5) is 0.687. The van der Waals surface area contributed by atoms with Crippen LogP contribution in [0.2, 0.25) is 0 Å². The molecule has 1 aliphatic carbocycles. The predicted molar refractivity (Wildman–Crippen MR) is 57.1 cm³/mol. The molecular formula is C10H15BrN2. The van der Waals surface area contributed by atoms with Gasteiger partial charge in [-0.1, -0.05) is 22.9 Å². The first kappa shape index (κ1) is 9.25. The van der Waals surface area contributed by atoms with Crippen LogP contribution in [0.3, 0.4) is 0 Å². The topological polar surface area (TPSA) is 17.8 Å². The molecule has 2 rings (SSSR count). The fraction of sp³-hybridized carbons (Fsp3) is 0.700. The van der Waals surface area contributed by atoms with Gasteiger partial charge < -0.3 is 0 Å². The molecule has 2 atom stereocenters. The third kappa shape index (κ3) is 1.54. The Hall–Kier alpha value is -0.310. The number of rotatable bonds is 1. The Balaban J connectivity index is 2.30. The summed E-state index contributed by atoms with van der Waals surface area (Å²) in [7, 11) is 2.03. The SMILES string of the molecule is Cn1nccc1C1(C)CCC(Br)C1. The van der Waals surface area contributed by atoms with E-state index in [0.717, 1.165) is 0 Å². The van der Waals surface area contributed by atoms with E-state index in [-0.39, 0.29) is 0 Å². The molecule has 1 aromatic rings. The van der Waals surface area contributed by atoms with Gasteiger partial charge in [-0.3, -0.25) is 4.68 Å². The van der Waals surface area contributed by atoms with Crippen LogP contribution in [0.25, 0.3) is 0 Å². The van der Waals surface area contributed by atoms with Gasteiger partial charge in [0.25, 0.3) is 0 Å². The van der Waals surface area contributed by atoms with Crippen molar-refractivity contribution in [3.63, 3.8) is 0 Å². The van der Waals surface area contributed by atoms with Crippen molar-refractivity contribution in [1.82, 2.24) is 9.78 Å². The van der Waals surface area contributed by atoms with Gasteiger partial charge >= 0.3 is 0 Å². The second-order valence-electron chi connectivity index (χ2n) is 4.24. The molecule has 13 heavy (non-hydrogen) atoms. The summed E-state index contributed by atoms with van der Waals surface area (Å²) in [5, 5.41) is 4.23. The van der Waals surface area contributed by atoms with Gasteiger partial charge in [0.15, 0.2) is 0 Å². The maximum absolute atomic E-state index is 4.23. The maximum atomic E-state index is 4.23. The zero-order valence-electron chi connectivity index (χ0n) is 8.13. The molecule has 1 aromatic heterocycles. The van der Waals surface area contributed by atoms with Crippen LogP contribution >= 0.6 is 15.9 Å². The minimum atomic E-state index is 0.333. The molecule has 0 aromatic carbocycles. The van der Waals surface area contributed by atoms with Crippen LogP contribution in [-0.2, 0) is 12.5 Å². The summed E-state index contributed by atoms with van der Waals surface area (Å²) >= 11 is 3.69. The Bertz CT molecular complexity index is 308. The van der Waals surface area contributed by atoms with E-state index in [2.05, 4.69) is 34.0 Å². The van der Waals surface area contributed by atoms with Crippen LogP contribution in [-0.4, -0.2) is 14.6 Å². The Kier molecular flexibility index (Phi) is 2.22. The summed E-state index contributed by atoms with van der Waals surface area (Å²) in [6, 6.07) is 2.14. The van der Waals surface area contributed by atoms with E-state index in [1.807, 2.05) is 17.9 Å². The third-order valence-electron chi connectivity index (χ3n) is 3.12. The molecule has 1 fully saturated rings. The van der Waals surface area contributed by atoms with Crippen LogP contribution in [0.1, 0.15) is 31.9 Å². The summed E-state index contributed by atoms with van der Waals surface area (Å²) in [6.07, 6.45) is 5.67. The second-order valence-corrected chi connectivity index (χ2v) is 5.54. The van der Waals surface area contributed by atoms with Crippen molar-refractivity contribution in [1.29, 1.82) is 0 Å². The lowest BCUT2D eigenvalue weighted by molar-refractivity contribution is 0.449. The molecule has 3 heteroatoms. The Morgan fingerprint density at radius 1 is 1.69 bits per heavy atom. The first-order valence-corrected chi connectivity index (χ1v) is 5.66. The lowest BCUT2D eigenvalue weighted by Gasteiger charge is -2.23. The van der Waals surface area contributed by atoms with E-state index in [4.69, 9.17) is 0 Å². The van der Waals surface area contributed by atoms with Gasteiger partial charge in [0.05, 0.1) is 0 Å². The Morgan fingerprint density at radius 3 is 2.92 bits per heavy atom. The fourth-order valence-corrected chi connectivity index (χ4v) is 3.31. The number of aryl methyl sites for hydroxylation is 1. The van der Waals surface area contributed by atoms with Gasteiger partial charge in [-0.05, 0) is 25.3 Å². The highest BCUT2D eigenvalue weighted by Gasteiger charge is 2.37. The number of halogens is 1. The Labute approximate surface area is 87.5 Å². The number of hydrogen-bond acceptors (Lipinski definition) is 1. The first-order valence-electron chi connectivity index (χ1n) is 4.74. The lowest BCUT2D eigenvalue weighted by atomic mass is 9.85. The van der Waals surface area contributed by atoms with E-state index >= 15 is 0 Å². The molecular weight excluding hydrogens is 228 g/mol. The van der Waals surface area contributed by atoms with E-state index in [0.29, 0.717) is 10.2 Å². The summed E-state index contributed by atoms with van der Waals surface area (Å²) in [5.74, 6) is 0. The molecule has 0 spiro atoms. The van der Waals surface area contributed by atoms with Gasteiger partial charge in [-0.25, -0.2) is 0 Å². The van der Waals surface area contributed by atoms with Gasteiger partial charge in [0.2, 0.25) is 0 Å². The zero-order chi connectivity index (χ0) is 9.47. The molecule has 0 radical (unpaired) electrons. The normalized spacial score (nSPS) is 33.9. The fourth-order valence-electron chi connectivity index (χ4n) is 2.37. The molecule has 0 bridgehead atoms. The highest BCUT2D eigenvalue weighted by atomic mass is 79.9. The first-order chi connectivity index (χ1) is 6.12. The number of alkyl halides is 1. The lowest BCUT2D eigenvalue weighted by Crippen LogP contribution is -2.21. The minimum absolute atomic E-state index is 0.333. The highest BCUT2D eigenvalue weighted by molar-refractivity contribution is 9.09. The van der Waals surface area contributed by atoms with Gasteiger partial charge in [-0.15, -0.1) is 0 Å². The second kappa shape index (κ2) is 3.12. The monoisotopic (exact) mass is 242 g/mol. The summed E-state index contributed by atoms with van der Waals surface area (Å²) in [6.45, 7) is 2.34. The molecule has 1 saturated carbocycles. The van der Waals surface area contributed by atoms with Gasteiger partial charge in [-0.2, -0.15) is 5.10 Å². The van der Waals surface area contributed by atoms with Crippen molar-refractivity contribution < 1.29 is 0 Å². The van der Waals surface area contributed by atoms with Crippen LogP contribution < -0.4 is 0 Å². The highest BCUT2D eigenvalue weighted by Crippen LogP contribution is 2.43. The summed E-state index contributed by atoms with van der Waals surface area (Å²) in [5.41, 5.74) is 1.70. The van der Waals surface area contributed by atoms with E-state index in [9.17, 15) is 0 Å². The zero-order valence-corrected chi connectivity index (χ0v) is 9.71. The van der Waals surface area contributed by atoms with Crippen molar-refractivity contribution in [3.05, 3.63) is 18.0 Å². The largest absolute Gasteiger partial charge is 0.272 e. The van der Waals surface area contributed by atoms with E-state index in [1.54, 1.807) is 0 Å². The van der Waals surface area contributed by atoms with Crippen molar-refractivity contribution in [3.8, 4) is 0 Å². The quantitative estimate of drug-likeness (QED) is 0.693. The van der Waals surface area contributed by atoms with Crippen molar-refractivity contribution in [2.24, 2.45) is 7.05 Å². The smallest absolute Gasteiger partial charge is 0.0492 e. The van der Waals surface area contributed by atoms with E-state index < -0.39 is 0 Å². The van der Waals surface area contributed by atoms with Crippen molar-refractivity contribution in [2.45, 2.75) is 36.4 Å². The van der Waals surface area contributed by atoms with Crippen molar-refractivity contribution >= 4 is 15.9 Å². The molecule has 1 aliphatic rings. The molecule has 1 heterocycles. The molecule has 2 unspecified atom stereocenters. The molecule has 0 aliphatic heterocycles. The van der Waals surface area contributed by atoms with E-state index in [1.165, 1.54) is 25.0 Å². The molecule has 2 nitrogen and oxygen atoms in total. The number of nitrogens with zero attached hydrogens (tertiary/aromatic N) is 2. The average molecular weight is 243 g/mol. The molecule has 0 amide bonds. The standard InChI is InChI=1S/C10H15BrN2/c1-10(5-3-8(11)7-10)9-4-6-12-13(9)2/h4,6,8H,3,5,7H2,1-2H3. The number of hydrogen-bond donors (Lipinski definition) is 0. The predicted octanol–water partition coefficient (Wildman–Crippen LogP) is 2.63. The van der Waals surface area contributed by atoms with Gasteiger partial charge in [0.1, 0.15) is 0 Å². The van der Waals surface area contributed by atoms with Crippen LogP contribution in [0, 0.1) is 0 Å². The van der Waals surface area contributed by atoms with Crippen molar-refractivity contribution in [2.75, 3.05) is 0 Å². The molecule has 72 valence electrons. The average Bonchev–Trinajstić information content (AvgIpc) is 2.59. The summed E-state index contributed by atoms with van der Waals surface area (Å²) < 4.78 is 2.00. The van der Waals surface area contributed by atoms with Crippen LogP contribution in [0.5, 0.6) is 0 Å². The minimum Gasteiger partial charge on any atom is -0.272 e. The Morgan fingerprint density at radius 2 is 2.46 bits per heavy atom. The maximum Gasteiger partial charge on any atom is 0.0492 e. The third-order valence-corrected chi connectivity index (χ3v) is 3.90. The van der Waals surface area contributed by atoms with Gasteiger partial charge in [0, 0.05) is 29.2 Å².